The second-order valence-corrected chi connectivity index (χ2v) is 6.01. The largest absolute Gasteiger partial charge is 0.345 e. The van der Waals surface area contributed by atoms with Crippen molar-refractivity contribution in [3.05, 3.63) is 51.5 Å². The molecule has 0 aliphatic carbocycles. The number of carbonyl (C=O) groups is 1. The fourth-order valence-electron chi connectivity index (χ4n) is 1.87. The number of nitrogens with one attached hydrogen (secondary N) is 1. The molecular weight excluding hydrogens is 308 g/mol. The summed E-state index contributed by atoms with van der Waals surface area (Å²) in [5.74, 6) is -3.64. The molecule has 2 rings (SSSR count). The quantitative estimate of drug-likeness (QED) is 0.857. The van der Waals surface area contributed by atoms with E-state index in [4.69, 9.17) is 5.73 Å². The second-order valence-electron chi connectivity index (χ2n) is 4.93. The zero-order chi connectivity index (χ0) is 16.2. The number of nitrogens with zero attached hydrogens (tertiary/aromatic N) is 1. The van der Waals surface area contributed by atoms with Gasteiger partial charge in [-0.25, -0.2) is 13.8 Å². The average molecular weight is 325 g/mol. The minimum absolute atomic E-state index is 0.360. The number of hydrogen-bond donors (Lipinski definition) is 2. The second kappa shape index (κ2) is 6.93. The maximum Gasteiger partial charge on any atom is 0.277 e. The van der Waals surface area contributed by atoms with Gasteiger partial charge in [-0.1, -0.05) is 30.3 Å². The van der Waals surface area contributed by atoms with Crippen molar-refractivity contribution >= 4 is 17.2 Å². The molecule has 1 aromatic carbocycles. The standard InChI is InChI=1S/C15H17F2N3OS/c1-10-13(14(21)19-9-15(16,17)8-18)22-12(20-10)7-11-5-3-2-4-6-11/h2-6H,7-9,18H2,1H3,(H,19,21). The third-order valence-electron chi connectivity index (χ3n) is 3.05. The van der Waals surface area contributed by atoms with Gasteiger partial charge in [-0.2, -0.15) is 0 Å². The van der Waals surface area contributed by atoms with Crippen LogP contribution in [0.5, 0.6) is 0 Å². The molecule has 1 heterocycles. The fourth-order valence-corrected chi connectivity index (χ4v) is 2.89. The number of alkyl halides is 2. The summed E-state index contributed by atoms with van der Waals surface area (Å²) in [4.78, 5) is 16.7. The third kappa shape index (κ3) is 4.32. The van der Waals surface area contributed by atoms with E-state index in [2.05, 4.69) is 10.3 Å². The Morgan fingerprint density at radius 3 is 2.68 bits per heavy atom. The molecule has 118 valence electrons. The van der Waals surface area contributed by atoms with E-state index >= 15 is 0 Å². The number of halogens is 2. The Kier molecular flexibility index (Phi) is 5.20. The molecular formula is C15H17F2N3OS. The normalized spacial score (nSPS) is 11.5. The van der Waals surface area contributed by atoms with E-state index in [1.54, 1.807) is 6.92 Å². The summed E-state index contributed by atoms with van der Waals surface area (Å²) in [6.45, 7) is 0.128. The minimum Gasteiger partial charge on any atom is -0.345 e. The number of benzene rings is 1. The Hall–Kier alpha value is -1.86. The molecule has 3 N–H and O–H groups in total. The Labute approximate surface area is 131 Å². The van der Waals surface area contributed by atoms with Gasteiger partial charge in [0, 0.05) is 6.42 Å². The maximum atomic E-state index is 13.1. The van der Waals surface area contributed by atoms with Crippen molar-refractivity contribution in [3.8, 4) is 0 Å². The van der Waals surface area contributed by atoms with Gasteiger partial charge >= 0.3 is 0 Å². The predicted octanol–water partition coefficient (Wildman–Crippen LogP) is 2.37. The highest BCUT2D eigenvalue weighted by atomic mass is 32.1. The Bertz CT molecular complexity index is 643. The topological polar surface area (TPSA) is 68.0 Å². The van der Waals surface area contributed by atoms with E-state index in [0.29, 0.717) is 17.0 Å². The van der Waals surface area contributed by atoms with E-state index in [1.165, 1.54) is 11.3 Å². The molecule has 0 aliphatic rings. The first-order chi connectivity index (χ1) is 10.4. The average Bonchev–Trinajstić information content (AvgIpc) is 2.86. The summed E-state index contributed by atoms with van der Waals surface area (Å²) in [5.41, 5.74) is 6.57. The van der Waals surface area contributed by atoms with E-state index in [9.17, 15) is 13.6 Å². The van der Waals surface area contributed by atoms with Crippen molar-refractivity contribution in [2.75, 3.05) is 13.1 Å². The molecule has 0 fully saturated rings. The van der Waals surface area contributed by atoms with Crippen LogP contribution in [-0.2, 0) is 6.42 Å². The molecule has 2 aromatic rings. The fraction of sp³-hybridized carbons (Fsp3) is 0.333. The lowest BCUT2D eigenvalue weighted by Crippen LogP contribution is -2.41. The molecule has 0 radical (unpaired) electrons. The predicted molar refractivity (Wildman–Crippen MR) is 82.4 cm³/mol. The highest BCUT2D eigenvalue weighted by molar-refractivity contribution is 7.13. The van der Waals surface area contributed by atoms with Crippen molar-refractivity contribution < 1.29 is 13.6 Å². The van der Waals surface area contributed by atoms with Crippen LogP contribution >= 0.6 is 11.3 Å². The van der Waals surface area contributed by atoms with Gasteiger partial charge in [0.05, 0.1) is 23.8 Å². The Morgan fingerprint density at radius 1 is 1.36 bits per heavy atom. The molecule has 7 heteroatoms. The van der Waals surface area contributed by atoms with Crippen LogP contribution in [0.2, 0.25) is 0 Å². The van der Waals surface area contributed by atoms with Crippen LogP contribution < -0.4 is 11.1 Å². The van der Waals surface area contributed by atoms with Crippen LogP contribution in [0.15, 0.2) is 30.3 Å². The molecule has 0 atom stereocenters. The van der Waals surface area contributed by atoms with Crippen molar-refractivity contribution in [2.24, 2.45) is 5.73 Å². The molecule has 4 nitrogen and oxygen atoms in total. The Morgan fingerprint density at radius 2 is 2.05 bits per heavy atom. The lowest BCUT2D eigenvalue weighted by Gasteiger charge is -2.13. The number of carbonyl (C=O) groups excluding carboxylic acids is 1. The summed E-state index contributed by atoms with van der Waals surface area (Å²) in [5, 5.41) is 2.99. The Balaban J connectivity index is 2.04. The maximum absolute atomic E-state index is 13.1. The van der Waals surface area contributed by atoms with Crippen LogP contribution in [0.1, 0.15) is 25.9 Å². The molecule has 0 saturated heterocycles. The lowest BCUT2D eigenvalue weighted by atomic mass is 10.2. The minimum atomic E-state index is -3.10. The van der Waals surface area contributed by atoms with E-state index < -0.39 is 24.9 Å². The highest BCUT2D eigenvalue weighted by Gasteiger charge is 2.28. The first kappa shape index (κ1) is 16.5. The number of thiazole rings is 1. The van der Waals surface area contributed by atoms with Gasteiger partial charge in [0.15, 0.2) is 0 Å². The van der Waals surface area contributed by atoms with Crippen LogP contribution in [0.3, 0.4) is 0 Å². The van der Waals surface area contributed by atoms with Gasteiger partial charge in [0.2, 0.25) is 0 Å². The molecule has 0 spiro atoms. The summed E-state index contributed by atoms with van der Waals surface area (Å²) in [7, 11) is 0. The number of hydrogen-bond acceptors (Lipinski definition) is 4. The van der Waals surface area contributed by atoms with Crippen LogP contribution in [0.25, 0.3) is 0 Å². The number of rotatable bonds is 6. The van der Waals surface area contributed by atoms with Crippen LogP contribution in [0, 0.1) is 6.92 Å². The van der Waals surface area contributed by atoms with Gasteiger partial charge < -0.3 is 11.1 Å². The van der Waals surface area contributed by atoms with Crippen molar-refractivity contribution in [1.29, 1.82) is 0 Å². The first-order valence-corrected chi connectivity index (χ1v) is 7.59. The van der Waals surface area contributed by atoms with Gasteiger partial charge in [0.1, 0.15) is 4.88 Å². The lowest BCUT2D eigenvalue weighted by molar-refractivity contribution is 0.0119. The van der Waals surface area contributed by atoms with Gasteiger partial charge in [-0.05, 0) is 12.5 Å². The van der Waals surface area contributed by atoms with Crippen molar-refractivity contribution in [3.63, 3.8) is 0 Å². The zero-order valence-electron chi connectivity index (χ0n) is 12.1. The van der Waals surface area contributed by atoms with Gasteiger partial charge in [-0.3, -0.25) is 4.79 Å². The summed E-state index contributed by atoms with van der Waals surface area (Å²) in [6.07, 6.45) is 0.610. The van der Waals surface area contributed by atoms with E-state index in [-0.39, 0.29) is 0 Å². The van der Waals surface area contributed by atoms with Gasteiger partial charge in [-0.15, -0.1) is 11.3 Å². The number of aromatic nitrogens is 1. The van der Waals surface area contributed by atoms with E-state index in [1.807, 2.05) is 30.3 Å². The monoisotopic (exact) mass is 325 g/mol. The molecule has 0 aliphatic heterocycles. The first-order valence-electron chi connectivity index (χ1n) is 6.77. The molecule has 0 saturated carbocycles. The number of amides is 1. The van der Waals surface area contributed by atoms with Gasteiger partial charge in [0.25, 0.3) is 11.8 Å². The molecule has 0 bridgehead atoms. The van der Waals surface area contributed by atoms with Crippen molar-refractivity contribution in [2.45, 2.75) is 19.3 Å². The number of nitrogens with two attached hydrogens (primary N) is 1. The SMILES string of the molecule is Cc1nc(Cc2ccccc2)sc1C(=O)NCC(F)(F)CN. The summed E-state index contributed by atoms with van der Waals surface area (Å²) < 4.78 is 26.1. The van der Waals surface area contributed by atoms with E-state index in [0.717, 1.165) is 10.6 Å². The molecule has 1 aromatic heterocycles. The molecule has 1 amide bonds. The summed E-state index contributed by atoms with van der Waals surface area (Å²) in [6, 6.07) is 9.72. The number of aryl methyl sites for hydroxylation is 1. The smallest absolute Gasteiger partial charge is 0.277 e. The summed E-state index contributed by atoms with van der Waals surface area (Å²) >= 11 is 1.22. The molecule has 0 unspecified atom stereocenters. The van der Waals surface area contributed by atoms with Crippen molar-refractivity contribution in [1.82, 2.24) is 10.3 Å². The van der Waals surface area contributed by atoms with Crippen LogP contribution in [-0.4, -0.2) is 29.9 Å². The highest BCUT2D eigenvalue weighted by Crippen LogP contribution is 2.21. The molecule has 22 heavy (non-hydrogen) atoms. The third-order valence-corrected chi connectivity index (χ3v) is 4.21. The zero-order valence-corrected chi connectivity index (χ0v) is 12.9. The van der Waals surface area contributed by atoms with Crippen LogP contribution in [0.4, 0.5) is 8.78 Å².